The molecule has 0 radical (unpaired) electrons. The molecule has 0 aromatic carbocycles. The Kier molecular flexibility index (Phi) is 5.70. The van der Waals surface area contributed by atoms with E-state index in [0.717, 1.165) is 18.9 Å². The van der Waals surface area contributed by atoms with Gasteiger partial charge in [-0.25, -0.2) is 0 Å². The molecule has 0 heterocycles. The average Bonchev–Trinajstić information content (AvgIpc) is 1.82. The highest BCUT2D eigenvalue weighted by Crippen LogP contribution is 2.07. The van der Waals surface area contributed by atoms with Gasteiger partial charge >= 0.3 is 0 Å². The van der Waals surface area contributed by atoms with Gasteiger partial charge in [0.2, 0.25) is 0 Å². The van der Waals surface area contributed by atoms with Crippen molar-refractivity contribution in [2.45, 2.75) is 46.6 Å². The van der Waals surface area contributed by atoms with Crippen LogP contribution in [0.25, 0.3) is 0 Å². The standard InChI is InChI=1S/C9H20O/c1-5-6-10-9(4)7-8(2)3/h8-9H,5-7H2,1-4H3/t9-/m1/s1. The van der Waals surface area contributed by atoms with Gasteiger partial charge in [0.05, 0.1) is 6.10 Å². The lowest BCUT2D eigenvalue weighted by Gasteiger charge is -2.13. The van der Waals surface area contributed by atoms with E-state index >= 15 is 0 Å². The van der Waals surface area contributed by atoms with Gasteiger partial charge in [0.15, 0.2) is 0 Å². The van der Waals surface area contributed by atoms with Crippen LogP contribution in [0.1, 0.15) is 40.5 Å². The van der Waals surface area contributed by atoms with Gasteiger partial charge < -0.3 is 4.74 Å². The summed E-state index contributed by atoms with van der Waals surface area (Å²) in [4.78, 5) is 0. The van der Waals surface area contributed by atoms with Gasteiger partial charge in [0.25, 0.3) is 0 Å². The summed E-state index contributed by atoms with van der Waals surface area (Å²) in [5.74, 6) is 0.756. The lowest BCUT2D eigenvalue weighted by atomic mass is 10.1. The van der Waals surface area contributed by atoms with Crippen LogP contribution in [-0.4, -0.2) is 12.7 Å². The molecule has 0 aromatic heterocycles. The predicted octanol–water partition coefficient (Wildman–Crippen LogP) is 2.85. The quantitative estimate of drug-likeness (QED) is 0.576. The molecule has 0 unspecified atom stereocenters. The van der Waals surface area contributed by atoms with Crippen LogP contribution < -0.4 is 0 Å². The van der Waals surface area contributed by atoms with Crippen molar-refractivity contribution in [2.75, 3.05) is 6.61 Å². The SMILES string of the molecule is CCCO[C@H](C)CC(C)C. The van der Waals surface area contributed by atoms with Crippen molar-refractivity contribution >= 4 is 0 Å². The molecule has 0 saturated carbocycles. The summed E-state index contributed by atoms with van der Waals surface area (Å²) in [6, 6.07) is 0. The maximum atomic E-state index is 5.50. The molecule has 1 nitrogen and oxygen atoms in total. The molecule has 0 aliphatic heterocycles. The van der Waals surface area contributed by atoms with Gasteiger partial charge in [0, 0.05) is 6.61 Å². The van der Waals surface area contributed by atoms with Gasteiger partial charge in [-0.1, -0.05) is 20.8 Å². The van der Waals surface area contributed by atoms with Gasteiger partial charge in [-0.15, -0.1) is 0 Å². The fourth-order valence-corrected chi connectivity index (χ4v) is 1.05. The van der Waals surface area contributed by atoms with E-state index in [1.165, 1.54) is 6.42 Å². The van der Waals surface area contributed by atoms with Crippen molar-refractivity contribution in [1.82, 2.24) is 0 Å². The molecular weight excluding hydrogens is 124 g/mol. The molecular formula is C9H20O. The van der Waals surface area contributed by atoms with E-state index in [2.05, 4.69) is 27.7 Å². The molecule has 0 saturated heterocycles. The maximum absolute atomic E-state index is 5.50. The Morgan fingerprint density at radius 2 is 1.80 bits per heavy atom. The van der Waals surface area contributed by atoms with Crippen LogP contribution in [-0.2, 0) is 4.74 Å². The van der Waals surface area contributed by atoms with E-state index in [-0.39, 0.29) is 0 Å². The Hall–Kier alpha value is -0.0400. The average molecular weight is 144 g/mol. The molecule has 1 heteroatoms. The number of hydrogen-bond donors (Lipinski definition) is 0. The van der Waals surface area contributed by atoms with E-state index in [1.807, 2.05) is 0 Å². The van der Waals surface area contributed by atoms with Crippen LogP contribution in [0.5, 0.6) is 0 Å². The summed E-state index contributed by atoms with van der Waals surface area (Å²) in [7, 11) is 0. The molecule has 1 atom stereocenters. The predicted molar refractivity (Wildman–Crippen MR) is 45.2 cm³/mol. The first-order valence-corrected chi connectivity index (χ1v) is 4.28. The molecule has 0 fully saturated rings. The summed E-state index contributed by atoms with van der Waals surface area (Å²) in [5, 5.41) is 0. The van der Waals surface area contributed by atoms with Crippen molar-refractivity contribution in [3.8, 4) is 0 Å². The summed E-state index contributed by atoms with van der Waals surface area (Å²) in [6.07, 6.45) is 2.75. The second-order valence-corrected chi connectivity index (χ2v) is 3.31. The lowest BCUT2D eigenvalue weighted by molar-refractivity contribution is 0.0525. The zero-order valence-corrected chi connectivity index (χ0v) is 7.68. The summed E-state index contributed by atoms with van der Waals surface area (Å²) in [6.45, 7) is 9.66. The van der Waals surface area contributed by atoms with Crippen molar-refractivity contribution < 1.29 is 4.74 Å². The molecule has 0 aliphatic rings. The molecule has 10 heavy (non-hydrogen) atoms. The van der Waals surface area contributed by atoms with Crippen molar-refractivity contribution in [3.05, 3.63) is 0 Å². The smallest absolute Gasteiger partial charge is 0.0549 e. The summed E-state index contributed by atoms with van der Waals surface area (Å²) < 4.78 is 5.50. The van der Waals surface area contributed by atoms with Crippen molar-refractivity contribution in [3.63, 3.8) is 0 Å². The first-order chi connectivity index (χ1) is 4.66. The minimum absolute atomic E-state index is 0.444. The fourth-order valence-electron chi connectivity index (χ4n) is 1.05. The van der Waals surface area contributed by atoms with Crippen molar-refractivity contribution in [1.29, 1.82) is 0 Å². The van der Waals surface area contributed by atoms with Crippen LogP contribution in [0.3, 0.4) is 0 Å². The zero-order chi connectivity index (χ0) is 7.98. The van der Waals surface area contributed by atoms with Crippen LogP contribution in [0, 0.1) is 5.92 Å². The largest absolute Gasteiger partial charge is 0.379 e. The Morgan fingerprint density at radius 3 is 2.20 bits per heavy atom. The van der Waals surface area contributed by atoms with Crippen LogP contribution in [0.4, 0.5) is 0 Å². The minimum Gasteiger partial charge on any atom is -0.379 e. The Labute approximate surface area is 64.8 Å². The van der Waals surface area contributed by atoms with Crippen LogP contribution in [0.15, 0.2) is 0 Å². The first kappa shape index (κ1) is 9.96. The molecule has 0 amide bonds. The summed E-state index contributed by atoms with van der Waals surface area (Å²) in [5.41, 5.74) is 0. The monoisotopic (exact) mass is 144 g/mol. The third kappa shape index (κ3) is 6.09. The van der Waals surface area contributed by atoms with Crippen LogP contribution >= 0.6 is 0 Å². The number of ether oxygens (including phenoxy) is 1. The molecule has 62 valence electrons. The van der Waals surface area contributed by atoms with E-state index in [4.69, 9.17) is 4.74 Å². The number of hydrogen-bond acceptors (Lipinski definition) is 1. The fraction of sp³-hybridized carbons (Fsp3) is 1.00. The minimum atomic E-state index is 0.444. The second-order valence-electron chi connectivity index (χ2n) is 3.31. The number of rotatable bonds is 5. The normalized spacial score (nSPS) is 14.1. The summed E-state index contributed by atoms with van der Waals surface area (Å²) >= 11 is 0. The van der Waals surface area contributed by atoms with Crippen LogP contribution in [0.2, 0.25) is 0 Å². The highest BCUT2D eigenvalue weighted by molar-refractivity contribution is 4.53. The highest BCUT2D eigenvalue weighted by atomic mass is 16.5. The van der Waals surface area contributed by atoms with Gasteiger partial charge in [-0.2, -0.15) is 0 Å². The molecule has 0 N–H and O–H groups in total. The molecule has 0 spiro atoms. The third-order valence-corrected chi connectivity index (χ3v) is 1.41. The van der Waals surface area contributed by atoms with E-state index < -0.39 is 0 Å². The van der Waals surface area contributed by atoms with E-state index in [9.17, 15) is 0 Å². The maximum Gasteiger partial charge on any atom is 0.0549 e. The highest BCUT2D eigenvalue weighted by Gasteiger charge is 2.03. The first-order valence-electron chi connectivity index (χ1n) is 4.28. The van der Waals surface area contributed by atoms with Gasteiger partial charge in [-0.05, 0) is 25.7 Å². The van der Waals surface area contributed by atoms with Gasteiger partial charge in [0.1, 0.15) is 0 Å². The second kappa shape index (κ2) is 5.72. The van der Waals surface area contributed by atoms with Gasteiger partial charge in [-0.3, -0.25) is 0 Å². The van der Waals surface area contributed by atoms with E-state index in [1.54, 1.807) is 0 Å². The Bertz CT molecular complexity index is 69.1. The van der Waals surface area contributed by atoms with E-state index in [0.29, 0.717) is 6.10 Å². The topological polar surface area (TPSA) is 9.23 Å². The Balaban J connectivity index is 3.16. The Morgan fingerprint density at radius 1 is 1.20 bits per heavy atom. The molecule has 0 rings (SSSR count). The molecule has 0 aliphatic carbocycles. The third-order valence-electron chi connectivity index (χ3n) is 1.41. The molecule has 0 bridgehead atoms. The lowest BCUT2D eigenvalue weighted by Crippen LogP contribution is -2.11. The van der Waals surface area contributed by atoms with Crippen molar-refractivity contribution in [2.24, 2.45) is 5.92 Å². The molecule has 0 aromatic rings. The zero-order valence-electron chi connectivity index (χ0n) is 7.68.